The number of hydrogen-bond donors (Lipinski definition) is 1. The van der Waals surface area contributed by atoms with Crippen LogP contribution in [0.25, 0.3) is 0 Å². The van der Waals surface area contributed by atoms with Crippen molar-refractivity contribution in [2.75, 3.05) is 12.4 Å². The first-order chi connectivity index (χ1) is 7.49. The second kappa shape index (κ2) is 6.27. The zero-order chi connectivity index (χ0) is 12.1. The van der Waals surface area contributed by atoms with E-state index in [1.807, 2.05) is 27.7 Å². The van der Waals surface area contributed by atoms with Crippen LogP contribution in [0.3, 0.4) is 0 Å². The van der Waals surface area contributed by atoms with Crippen LogP contribution < -0.4 is 0 Å². The summed E-state index contributed by atoms with van der Waals surface area (Å²) in [4.78, 5) is 4.22. The molecule has 0 bridgehead atoms. The second-order valence-corrected chi connectivity index (χ2v) is 4.94. The summed E-state index contributed by atoms with van der Waals surface area (Å²) in [5.74, 6) is 1.36. The average molecular weight is 245 g/mol. The fourth-order valence-electron chi connectivity index (χ4n) is 1.02. The molecular formula is C11H19NO3S. The standard InChI is InChI=1S/C11H19NO3S/c1-7(2)14-5-10(13)6-16-11-12-8(3)9(4)15-11/h7,10,13H,5-6H2,1-4H3. The van der Waals surface area contributed by atoms with Gasteiger partial charge >= 0.3 is 0 Å². The molecule has 0 aliphatic rings. The summed E-state index contributed by atoms with van der Waals surface area (Å²) in [6, 6.07) is 0. The van der Waals surface area contributed by atoms with E-state index in [1.165, 1.54) is 11.8 Å². The van der Waals surface area contributed by atoms with Crippen molar-refractivity contribution in [3.63, 3.8) is 0 Å². The summed E-state index contributed by atoms with van der Waals surface area (Å²) in [6.07, 6.45) is -0.342. The molecule has 1 aromatic rings. The van der Waals surface area contributed by atoms with E-state index in [9.17, 15) is 5.11 Å². The minimum atomic E-state index is -0.486. The summed E-state index contributed by atoms with van der Waals surface area (Å²) in [7, 11) is 0. The Kier molecular flexibility index (Phi) is 5.31. The van der Waals surface area contributed by atoms with Gasteiger partial charge < -0.3 is 14.3 Å². The van der Waals surface area contributed by atoms with Crippen molar-refractivity contribution >= 4 is 11.8 Å². The average Bonchev–Trinajstić information content (AvgIpc) is 2.52. The maximum absolute atomic E-state index is 9.62. The highest BCUT2D eigenvalue weighted by Gasteiger charge is 2.10. The number of ether oxygens (including phenoxy) is 1. The Hall–Kier alpha value is -0.520. The Balaban J connectivity index is 2.28. The predicted molar refractivity (Wildman–Crippen MR) is 63.8 cm³/mol. The molecule has 0 radical (unpaired) electrons. The molecular weight excluding hydrogens is 226 g/mol. The van der Waals surface area contributed by atoms with Gasteiger partial charge in [0.25, 0.3) is 5.22 Å². The van der Waals surface area contributed by atoms with Crippen molar-refractivity contribution in [2.24, 2.45) is 0 Å². The smallest absolute Gasteiger partial charge is 0.256 e. The molecule has 92 valence electrons. The molecule has 0 amide bonds. The molecule has 16 heavy (non-hydrogen) atoms. The highest BCUT2D eigenvalue weighted by atomic mass is 32.2. The molecule has 0 aliphatic carbocycles. The molecule has 0 fully saturated rings. The third-order valence-electron chi connectivity index (χ3n) is 2.03. The van der Waals surface area contributed by atoms with Crippen molar-refractivity contribution in [1.29, 1.82) is 0 Å². The van der Waals surface area contributed by atoms with Crippen molar-refractivity contribution < 1.29 is 14.3 Å². The molecule has 1 heterocycles. The SMILES string of the molecule is Cc1nc(SCC(O)COC(C)C)oc1C. The Morgan fingerprint density at radius 1 is 1.44 bits per heavy atom. The lowest BCUT2D eigenvalue weighted by Crippen LogP contribution is -2.20. The number of aliphatic hydroxyl groups is 1. The van der Waals surface area contributed by atoms with Gasteiger partial charge in [0.1, 0.15) is 5.76 Å². The first-order valence-electron chi connectivity index (χ1n) is 5.35. The molecule has 0 aliphatic heterocycles. The lowest BCUT2D eigenvalue weighted by molar-refractivity contribution is 0.0152. The lowest BCUT2D eigenvalue weighted by atomic mass is 10.4. The molecule has 0 saturated heterocycles. The normalized spacial score (nSPS) is 13.4. The quantitative estimate of drug-likeness (QED) is 0.778. The van der Waals surface area contributed by atoms with E-state index in [-0.39, 0.29) is 6.10 Å². The van der Waals surface area contributed by atoms with Crippen LogP contribution in [-0.4, -0.2) is 34.7 Å². The number of aliphatic hydroxyl groups excluding tert-OH is 1. The third kappa shape index (κ3) is 4.55. The first kappa shape index (κ1) is 13.5. The van der Waals surface area contributed by atoms with Crippen LogP contribution in [-0.2, 0) is 4.74 Å². The third-order valence-corrected chi connectivity index (χ3v) is 3.00. The zero-order valence-electron chi connectivity index (χ0n) is 10.2. The molecule has 1 N–H and O–H groups in total. The summed E-state index contributed by atoms with van der Waals surface area (Å²) >= 11 is 1.41. The number of rotatable bonds is 6. The number of aryl methyl sites for hydroxylation is 2. The highest BCUT2D eigenvalue weighted by molar-refractivity contribution is 7.99. The van der Waals surface area contributed by atoms with E-state index in [4.69, 9.17) is 9.15 Å². The van der Waals surface area contributed by atoms with E-state index in [1.54, 1.807) is 0 Å². The van der Waals surface area contributed by atoms with Crippen LogP contribution in [0.1, 0.15) is 25.3 Å². The van der Waals surface area contributed by atoms with Crippen LogP contribution in [0.4, 0.5) is 0 Å². The largest absolute Gasteiger partial charge is 0.437 e. The summed E-state index contributed by atoms with van der Waals surface area (Å²) in [5.41, 5.74) is 0.899. The van der Waals surface area contributed by atoms with Crippen LogP contribution in [0.15, 0.2) is 9.64 Å². The van der Waals surface area contributed by atoms with Crippen LogP contribution >= 0.6 is 11.8 Å². The highest BCUT2D eigenvalue weighted by Crippen LogP contribution is 2.20. The molecule has 1 aromatic heterocycles. The van der Waals surface area contributed by atoms with E-state index in [2.05, 4.69) is 4.98 Å². The molecule has 0 spiro atoms. The number of aromatic nitrogens is 1. The molecule has 5 heteroatoms. The molecule has 0 aromatic carbocycles. The molecule has 1 rings (SSSR count). The van der Waals surface area contributed by atoms with E-state index in [0.29, 0.717) is 17.6 Å². The maximum Gasteiger partial charge on any atom is 0.256 e. The van der Waals surface area contributed by atoms with Gasteiger partial charge in [0.15, 0.2) is 0 Å². The van der Waals surface area contributed by atoms with Gasteiger partial charge in [-0.15, -0.1) is 0 Å². The zero-order valence-corrected chi connectivity index (χ0v) is 11.0. The number of thioether (sulfide) groups is 1. The summed E-state index contributed by atoms with van der Waals surface area (Å²) in [5, 5.41) is 10.2. The summed E-state index contributed by atoms with van der Waals surface area (Å²) in [6.45, 7) is 8.02. The Morgan fingerprint density at radius 2 is 2.12 bits per heavy atom. The molecule has 1 unspecified atom stereocenters. The minimum Gasteiger partial charge on any atom is -0.437 e. The van der Waals surface area contributed by atoms with Gasteiger partial charge in [-0.3, -0.25) is 0 Å². The van der Waals surface area contributed by atoms with Gasteiger partial charge in [-0.2, -0.15) is 0 Å². The van der Waals surface area contributed by atoms with E-state index in [0.717, 1.165) is 11.5 Å². The minimum absolute atomic E-state index is 0.144. The Morgan fingerprint density at radius 3 is 2.62 bits per heavy atom. The maximum atomic E-state index is 9.62. The lowest BCUT2D eigenvalue weighted by Gasteiger charge is -2.11. The number of oxazole rings is 1. The van der Waals surface area contributed by atoms with Crippen molar-refractivity contribution in [3.8, 4) is 0 Å². The fourth-order valence-corrected chi connectivity index (χ4v) is 1.84. The van der Waals surface area contributed by atoms with Crippen molar-refractivity contribution in [1.82, 2.24) is 4.98 Å². The number of hydrogen-bond acceptors (Lipinski definition) is 5. The van der Waals surface area contributed by atoms with Gasteiger partial charge in [0.05, 0.1) is 24.5 Å². The summed E-state index contributed by atoms with van der Waals surface area (Å²) < 4.78 is 10.7. The fraction of sp³-hybridized carbons (Fsp3) is 0.727. The van der Waals surface area contributed by atoms with Crippen molar-refractivity contribution in [3.05, 3.63) is 11.5 Å². The van der Waals surface area contributed by atoms with E-state index < -0.39 is 6.10 Å². The van der Waals surface area contributed by atoms with Gasteiger partial charge in [0.2, 0.25) is 0 Å². The topological polar surface area (TPSA) is 55.5 Å². The van der Waals surface area contributed by atoms with E-state index >= 15 is 0 Å². The van der Waals surface area contributed by atoms with Crippen molar-refractivity contribution in [2.45, 2.75) is 45.1 Å². The molecule has 4 nitrogen and oxygen atoms in total. The van der Waals surface area contributed by atoms with Gasteiger partial charge in [-0.25, -0.2) is 4.98 Å². The van der Waals surface area contributed by atoms with Gasteiger partial charge in [-0.1, -0.05) is 11.8 Å². The Labute approximate surface area is 100 Å². The monoisotopic (exact) mass is 245 g/mol. The number of nitrogens with zero attached hydrogens (tertiary/aromatic N) is 1. The van der Waals surface area contributed by atoms with Crippen LogP contribution in [0.2, 0.25) is 0 Å². The molecule has 0 saturated carbocycles. The van der Waals surface area contributed by atoms with Gasteiger partial charge in [0, 0.05) is 5.75 Å². The first-order valence-corrected chi connectivity index (χ1v) is 6.34. The van der Waals surface area contributed by atoms with Crippen LogP contribution in [0.5, 0.6) is 0 Å². The second-order valence-electron chi connectivity index (χ2n) is 3.97. The Bertz CT molecular complexity index is 306. The predicted octanol–water partition coefficient (Wildman–Crippen LogP) is 2.17. The van der Waals surface area contributed by atoms with Crippen LogP contribution in [0, 0.1) is 13.8 Å². The van der Waals surface area contributed by atoms with Gasteiger partial charge in [-0.05, 0) is 27.7 Å². The molecule has 1 atom stereocenters.